The minimum atomic E-state index is -1.11. The Bertz CT molecular complexity index is 1340. The van der Waals surface area contributed by atoms with E-state index in [2.05, 4.69) is 10.3 Å². The maximum Gasteiger partial charge on any atom is 0.326 e. The Balaban J connectivity index is 1.54. The van der Waals surface area contributed by atoms with Crippen molar-refractivity contribution < 1.29 is 14.7 Å². The maximum atomic E-state index is 12.6. The summed E-state index contributed by atoms with van der Waals surface area (Å²) in [4.78, 5) is 30.5. The number of carbonyl (C=O) groups excluding carboxylic acids is 1. The first-order valence-corrected chi connectivity index (χ1v) is 11.2. The van der Waals surface area contributed by atoms with Crippen LogP contribution in [0.25, 0.3) is 22.2 Å². The molecule has 2 N–H and O–H groups in total. The van der Waals surface area contributed by atoms with Gasteiger partial charge in [-0.05, 0) is 48.0 Å². The molecule has 3 aromatic carbocycles. The van der Waals surface area contributed by atoms with Crippen molar-refractivity contribution in [1.29, 1.82) is 0 Å². The maximum absolute atomic E-state index is 12.6. The van der Waals surface area contributed by atoms with Gasteiger partial charge in [0.25, 0.3) is 0 Å². The first-order valence-electron chi connectivity index (χ1n) is 10.5. The van der Waals surface area contributed by atoms with E-state index in [1.54, 1.807) is 43.4 Å². The second-order valence-corrected chi connectivity index (χ2v) is 8.57. The van der Waals surface area contributed by atoms with Gasteiger partial charge < -0.3 is 10.4 Å². The topological polar surface area (TPSA) is 82.5 Å². The third-order valence-corrected chi connectivity index (χ3v) is 6.09. The number of pyridine rings is 1. The van der Waals surface area contributed by atoms with E-state index in [1.807, 2.05) is 42.5 Å². The zero-order chi connectivity index (χ0) is 24.2. The van der Waals surface area contributed by atoms with Crippen molar-refractivity contribution in [1.82, 2.24) is 10.3 Å². The van der Waals surface area contributed by atoms with Crippen molar-refractivity contribution in [3.63, 3.8) is 0 Å². The zero-order valence-electron chi connectivity index (χ0n) is 18.2. The van der Waals surface area contributed by atoms with E-state index in [0.29, 0.717) is 27.0 Å². The highest BCUT2D eigenvalue weighted by Crippen LogP contribution is 2.34. The van der Waals surface area contributed by atoms with Crippen LogP contribution in [-0.2, 0) is 11.2 Å². The monoisotopic (exact) mass is 493 g/mol. The number of para-hydroxylation sites is 1. The first-order chi connectivity index (χ1) is 16.3. The molecule has 34 heavy (non-hydrogen) atoms. The van der Waals surface area contributed by atoms with Crippen molar-refractivity contribution >= 4 is 51.8 Å². The van der Waals surface area contributed by atoms with Gasteiger partial charge in [0.15, 0.2) is 0 Å². The number of hydrogen-bond donors (Lipinski definition) is 2. The lowest BCUT2D eigenvalue weighted by molar-refractivity contribution is -0.139. The van der Waals surface area contributed by atoms with Gasteiger partial charge in [0.1, 0.15) is 6.04 Å². The second kappa shape index (κ2) is 10.1. The number of urea groups is 1. The van der Waals surface area contributed by atoms with E-state index in [1.165, 1.54) is 4.90 Å². The molecule has 0 radical (unpaired) electrons. The number of rotatable bonds is 6. The average molecular weight is 494 g/mol. The smallest absolute Gasteiger partial charge is 0.326 e. The van der Waals surface area contributed by atoms with Crippen LogP contribution in [0.2, 0.25) is 10.0 Å². The fourth-order valence-corrected chi connectivity index (χ4v) is 4.23. The molecule has 0 aliphatic carbocycles. The molecular weight excluding hydrogens is 473 g/mol. The Hall–Kier alpha value is -3.61. The summed E-state index contributed by atoms with van der Waals surface area (Å²) in [5.41, 5.74) is 3.45. The predicted octanol–water partition coefficient (Wildman–Crippen LogP) is 6.05. The molecule has 0 bridgehead atoms. The third-order valence-electron chi connectivity index (χ3n) is 5.46. The number of carbonyl (C=O) groups is 2. The van der Waals surface area contributed by atoms with Gasteiger partial charge in [-0.1, -0.05) is 59.6 Å². The van der Waals surface area contributed by atoms with E-state index >= 15 is 0 Å². The molecule has 4 rings (SSSR count). The predicted molar refractivity (Wildman–Crippen MR) is 136 cm³/mol. The minimum Gasteiger partial charge on any atom is -0.480 e. The molecule has 0 aliphatic heterocycles. The highest BCUT2D eigenvalue weighted by atomic mass is 35.5. The molecule has 0 unspecified atom stereocenters. The number of carboxylic acids is 1. The van der Waals surface area contributed by atoms with Gasteiger partial charge in [-0.2, -0.15) is 0 Å². The Morgan fingerprint density at radius 3 is 2.35 bits per heavy atom. The minimum absolute atomic E-state index is 0.123. The van der Waals surface area contributed by atoms with Crippen LogP contribution in [-0.4, -0.2) is 35.2 Å². The van der Waals surface area contributed by atoms with Gasteiger partial charge in [-0.25, -0.2) is 14.6 Å². The lowest BCUT2D eigenvalue weighted by atomic mass is 10.0. The number of anilines is 1. The molecule has 0 spiro atoms. The van der Waals surface area contributed by atoms with Crippen LogP contribution in [0.5, 0.6) is 0 Å². The van der Waals surface area contributed by atoms with Crippen LogP contribution < -0.4 is 10.2 Å². The number of hydrogen-bond acceptors (Lipinski definition) is 3. The molecule has 1 atom stereocenters. The molecule has 172 valence electrons. The number of carboxylic acid groups (broad SMARTS) is 1. The van der Waals surface area contributed by atoms with Gasteiger partial charge in [-0.15, -0.1) is 0 Å². The summed E-state index contributed by atoms with van der Waals surface area (Å²) in [6.45, 7) is 0. The number of amides is 2. The summed E-state index contributed by atoms with van der Waals surface area (Å²) in [5.74, 6) is -1.11. The van der Waals surface area contributed by atoms with Crippen LogP contribution in [0.15, 0.2) is 78.9 Å². The number of nitrogens with zero attached hydrogens (tertiary/aromatic N) is 2. The van der Waals surface area contributed by atoms with Gasteiger partial charge in [-0.3, -0.25) is 4.90 Å². The van der Waals surface area contributed by atoms with Gasteiger partial charge in [0, 0.05) is 30.1 Å². The fourth-order valence-electron chi connectivity index (χ4n) is 3.63. The van der Waals surface area contributed by atoms with Crippen LogP contribution in [0.3, 0.4) is 0 Å². The van der Waals surface area contributed by atoms with E-state index in [-0.39, 0.29) is 6.42 Å². The third kappa shape index (κ3) is 5.14. The van der Waals surface area contributed by atoms with E-state index < -0.39 is 18.0 Å². The van der Waals surface area contributed by atoms with Gasteiger partial charge in [0.05, 0.1) is 21.3 Å². The normalized spacial score (nSPS) is 11.7. The number of benzene rings is 3. The summed E-state index contributed by atoms with van der Waals surface area (Å²) in [5, 5.41) is 14.1. The molecule has 0 saturated heterocycles. The molecular formula is C26H21Cl2N3O3. The van der Waals surface area contributed by atoms with Gasteiger partial charge in [0.2, 0.25) is 0 Å². The number of nitrogens with one attached hydrogen (secondary N) is 1. The highest BCUT2D eigenvalue weighted by Gasteiger charge is 2.23. The van der Waals surface area contributed by atoms with Crippen molar-refractivity contribution in [3.8, 4) is 11.3 Å². The quantitative estimate of drug-likeness (QED) is 0.342. The Labute approximate surface area is 206 Å². The van der Waals surface area contributed by atoms with E-state index in [0.717, 1.165) is 16.5 Å². The Morgan fingerprint density at radius 1 is 0.971 bits per heavy atom. The van der Waals surface area contributed by atoms with Crippen LogP contribution in [0, 0.1) is 0 Å². The molecule has 0 saturated carbocycles. The summed E-state index contributed by atoms with van der Waals surface area (Å²) in [6.07, 6.45) is 0.123. The molecule has 2 amide bonds. The molecule has 0 fully saturated rings. The zero-order valence-corrected chi connectivity index (χ0v) is 19.7. The lowest BCUT2D eigenvalue weighted by Crippen LogP contribution is -2.47. The van der Waals surface area contributed by atoms with Crippen molar-refractivity contribution in [2.24, 2.45) is 0 Å². The summed E-state index contributed by atoms with van der Waals surface area (Å²) in [7, 11) is 1.59. The first kappa shape index (κ1) is 23.5. The van der Waals surface area contributed by atoms with Crippen LogP contribution in [0.4, 0.5) is 10.5 Å². The molecule has 1 aromatic heterocycles. The second-order valence-electron chi connectivity index (χ2n) is 7.76. The molecule has 1 heterocycles. The Morgan fingerprint density at radius 2 is 1.68 bits per heavy atom. The molecule has 0 aliphatic rings. The van der Waals surface area contributed by atoms with E-state index in [4.69, 9.17) is 23.2 Å². The standard InChI is InChI=1S/C26H21Cl2N3O3/c1-31(18-6-3-2-4-7-18)26(34)30-23(25(32)33)15-16-10-12-21-17(14-16)11-13-22(29-21)24-19(27)8-5-9-20(24)28/h2-14,23H,15H2,1H3,(H,30,34)(H,32,33)/t23-/m0/s1. The largest absolute Gasteiger partial charge is 0.480 e. The number of aromatic nitrogens is 1. The van der Waals surface area contributed by atoms with E-state index in [9.17, 15) is 14.7 Å². The lowest BCUT2D eigenvalue weighted by Gasteiger charge is -2.21. The SMILES string of the molecule is CN(C(=O)N[C@@H](Cc1ccc2nc(-c3c(Cl)cccc3Cl)ccc2c1)C(=O)O)c1ccccc1. The fraction of sp³-hybridized carbons (Fsp3) is 0.115. The Kier molecular flexibility index (Phi) is 7.01. The van der Waals surface area contributed by atoms with Crippen molar-refractivity contribution in [2.75, 3.05) is 11.9 Å². The average Bonchev–Trinajstić information content (AvgIpc) is 2.83. The summed E-state index contributed by atoms with van der Waals surface area (Å²) >= 11 is 12.6. The molecule has 8 heteroatoms. The molecule has 4 aromatic rings. The summed E-state index contributed by atoms with van der Waals surface area (Å²) < 4.78 is 0. The number of halogens is 2. The summed E-state index contributed by atoms with van der Waals surface area (Å²) in [6, 6.07) is 21.9. The van der Waals surface area contributed by atoms with Crippen molar-refractivity contribution in [2.45, 2.75) is 12.5 Å². The molecule has 6 nitrogen and oxygen atoms in total. The number of aliphatic carboxylic acids is 1. The van der Waals surface area contributed by atoms with Crippen molar-refractivity contribution in [3.05, 3.63) is 94.5 Å². The highest BCUT2D eigenvalue weighted by molar-refractivity contribution is 6.39. The number of fused-ring (bicyclic) bond motifs is 1. The van der Waals surface area contributed by atoms with Crippen LogP contribution in [0.1, 0.15) is 5.56 Å². The van der Waals surface area contributed by atoms with Crippen LogP contribution >= 0.6 is 23.2 Å². The van der Waals surface area contributed by atoms with Gasteiger partial charge >= 0.3 is 12.0 Å².